The molecule has 0 bridgehead atoms. The molecule has 1 aliphatic heterocycles. The number of aliphatic imine (C=N–C) groups is 1. The Morgan fingerprint density at radius 3 is 2.20 bits per heavy atom. The highest BCUT2D eigenvalue weighted by atomic mass is 15.2. The Labute approximate surface area is 317 Å². The van der Waals surface area contributed by atoms with Crippen LogP contribution in [0.15, 0.2) is 133 Å². The minimum absolute atomic E-state index is 0.213. The van der Waals surface area contributed by atoms with Crippen molar-refractivity contribution in [1.82, 2.24) is 4.98 Å². The third-order valence-corrected chi connectivity index (χ3v) is 12.0. The molecule has 0 amide bonds. The molecule has 1 aromatic heterocycles. The second-order valence-electron chi connectivity index (χ2n) is 15.4. The van der Waals surface area contributed by atoms with Crippen LogP contribution in [0.25, 0.3) is 38.4 Å². The summed E-state index contributed by atoms with van der Waals surface area (Å²) in [4.78, 5) is 15.2. The first-order valence-electron chi connectivity index (χ1n) is 19.5. The molecule has 2 aliphatic carbocycles. The van der Waals surface area contributed by atoms with Gasteiger partial charge in [0.15, 0.2) is 0 Å². The van der Waals surface area contributed by atoms with Crippen molar-refractivity contribution < 1.29 is 0 Å². The van der Waals surface area contributed by atoms with E-state index >= 15 is 0 Å². The molecule has 3 aliphatic rings. The Bertz CT molecular complexity index is 2730. The fraction of sp³-hybridized carbons (Fsp3) is 0.200. The molecule has 6 aromatic carbocycles. The van der Waals surface area contributed by atoms with Crippen molar-refractivity contribution in [3.05, 3.63) is 161 Å². The van der Waals surface area contributed by atoms with Crippen molar-refractivity contribution in [3.8, 4) is 0 Å². The Balaban J connectivity index is 1.28. The standard InChI is InChI=1S/C50H44N4/c1-31-13-9-17-36-18-12-21-43(48(31)36)54(46-22-7-8-28-51-46)45-30-33(3)38-24-26-40-44(29-32(2)37-25-27-41(45)50(38)49(37)40)53(47-23-10-14-34(4)52-47)42-20-11-16-35-15-5-6-19-39(35)42/h5-12,15-24,26,28-31,34H,13-14,25,27H2,1-4H3. The summed E-state index contributed by atoms with van der Waals surface area (Å²) in [6.45, 7) is 9.17. The average Bonchev–Trinajstić information content (AvgIpc) is 3.19. The number of nitrogens with zero attached hydrogens (tertiary/aromatic N) is 4. The topological polar surface area (TPSA) is 31.7 Å². The molecule has 0 saturated heterocycles. The zero-order valence-corrected chi connectivity index (χ0v) is 31.5. The number of hydrogen-bond donors (Lipinski definition) is 0. The maximum absolute atomic E-state index is 5.29. The van der Waals surface area contributed by atoms with E-state index < -0.39 is 0 Å². The fourth-order valence-electron chi connectivity index (χ4n) is 9.48. The van der Waals surface area contributed by atoms with E-state index in [2.05, 4.69) is 159 Å². The fourth-order valence-corrected chi connectivity index (χ4v) is 9.48. The van der Waals surface area contributed by atoms with Crippen molar-refractivity contribution in [2.75, 3.05) is 9.80 Å². The third-order valence-electron chi connectivity index (χ3n) is 12.0. The van der Waals surface area contributed by atoms with E-state index in [1.165, 1.54) is 82.8 Å². The zero-order valence-electron chi connectivity index (χ0n) is 31.5. The number of amidine groups is 1. The molecule has 0 radical (unpaired) electrons. The van der Waals surface area contributed by atoms with Crippen LogP contribution in [-0.2, 0) is 12.8 Å². The second kappa shape index (κ2) is 12.8. The molecule has 2 heterocycles. The second-order valence-corrected chi connectivity index (χ2v) is 15.4. The molecule has 4 nitrogen and oxygen atoms in total. The number of hydrogen-bond acceptors (Lipinski definition) is 4. The SMILES string of the molecule is Cc1cc(N(C2=NC(C)CC=C2)c2cccc3ccccc23)c2ccc3c(C)cc(N(c4ccccn4)c4cccc5c4C(C)CC=C5)c4c3c2c1CC4. The highest BCUT2D eigenvalue weighted by molar-refractivity contribution is 6.23. The number of pyridine rings is 1. The number of anilines is 5. The van der Waals surface area contributed by atoms with Crippen LogP contribution in [0.2, 0.25) is 0 Å². The highest BCUT2D eigenvalue weighted by Crippen LogP contribution is 2.50. The lowest BCUT2D eigenvalue weighted by Gasteiger charge is -2.35. The van der Waals surface area contributed by atoms with E-state index in [4.69, 9.17) is 9.98 Å². The maximum Gasteiger partial charge on any atom is 0.137 e. The molecule has 0 saturated carbocycles. The van der Waals surface area contributed by atoms with Gasteiger partial charge < -0.3 is 0 Å². The molecule has 2 unspecified atom stereocenters. The normalized spacial score (nSPS) is 17.3. The highest BCUT2D eigenvalue weighted by Gasteiger charge is 2.30. The molecule has 7 aromatic rings. The van der Waals surface area contributed by atoms with Crippen LogP contribution in [0, 0.1) is 13.8 Å². The summed E-state index contributed by atoms with van der Waals surface area (Å²) in [6, 6.07) is 38.3. The molecule has 4 heteroatoms. The largest absolute Gasteiger partial charge is 0.294 e. The van der Waals surface area contributed by atoms with Gasteiger partial charge in [-0.25, -0.2) is 4.98 Å². The Kier molecular flexibility index (Phi) is 7.76. The number of dihydropyridines is 1. The molecule has 0 N–H and O–H groups in total. The lowest BCUT2D eigenvalue weighted by molar-refractivity contribution is 0.750. The van der Waals surface area contributed by atoms with Gasteiger partial charge in [0.25, 0.3) is 0 Å². The van der Waals surface area contributed by atoms with Gasteiger partial charge in [-0.3, -0.25) is 14.8 Å². The number of fused-ring (bicyclic) bond motifs is 2. The van der Waals surface area contributed by atoms with E-state index in [9.17, 15) is 0 Å². The predicted molar refractivity (Wildman–Crippen MR) is 230 cm³/mol. The number of rotatable bonds is 5. The van der Waals surface area contributed by atoms with Gasteiger partial charge in [0.1, 0.15) is 11.7 Å². The molecule has 0 fully saturated rings. The van der Waals surface area contributed by atoms with Gasteiger partial charge in [-0.05, 0) is 150 Å². The van der Waals surface area contributed by atoms with Crippen molar-refractivity contribution in [2.45, 2.75) is 65.3 Å². The first kappa shape index (κ1) is 32.6. The summed E-state index contributed by atoms with van der Waals surface area (Å²) in [5, 5.41) is 7.79. The van der Waals surface area contributed by atoms with Crippen molar-refractivity contribution in [2.24, 2.45) is 4.99 Å². The Hall–Kier alpha value is -6.00. The first-order chi connectivity index (χ1) is 26.5. The summed E-state index contributed by atoms with van der Waals surface area (Å²) < 4.78 is 0. The van der Waals surface area contributed by atoms with E-state index in [1.807, 2.05) is 12.3 Å². The molecule has 54 heavy (non-hydrogen) atoms. The van der Waals surface area contributed by atoms with Crippen LogP contribution in [0.3, 0.4) is 0 Å². The average molecular weight is 701 g/mol. The van der Waals surface area contributed by atoms with Crippen LogP contribution < -0.4 is 9.80 Å². The summed E-state index contributed by atoms with van der Waals surface area (Å²) in [7, 11) is 0. The van der Waals surface area contributed by atoms with Gasteiger partial charge in [-0.2, -0.15) is 0 Å². The summed E-state index contributed by atoms with van der Waals surface area (Å²) in [6.07, 6.45) is 15.0. The summed E-state index contributed by atoms with van der Waals surface area (Å²) >= 11 is 0. The van der Waals surface area contributed by atoms with Gasteiger partial charge in [0.05, 0.1) is 28.8 Å². The monoisotopic (exact) mass is 700 g/mol. The maximum atomic E-state index is 5.29. The van der Waals surface area contributed by atoms with Gasteiger partial charge in [0.2, 0.25) is 0 Å². The molecular formula is C50H44N4. The zero-order chi connectivity index (χ0) is 36.5. The van der Waals surface area contributed by atoms with Gasteiger partial charge in [0, 0.05) is 17.0 Å². The molecule has 2 atom stereocenters. The quantitative estimate of drug-likeness (QED) is 0.168. The van der Waals surface area contributed by atoms with Crippen LogP contribution in [0.1, 0.15) is 66.0 Å². The Morgan fingerprint density at radius 1 is 0.593 bits per heavy atom. The minimum atomic E-state index is 0.213. The van der Waals surface area contributed by atoms with Crippen LogP contribution in [-0.4, -0.2) is 16.9 Å². The molecular weight excluding hydrogens is 657 g/mol. The molecule has 10 rings (SSSR count). The Morgan fingerprint density at radius 2 is 1.33 bits per heavy atom. The van der Waals surface area contributed by atoms with Crippen molar-refractivity contribution >= 4 is 72.8 Å². The van der Waals surface area contributed by atoms with Gasteiger partial charge in [-0.15, -0.1) is 0 Å². The van der Waals surface area contributed by atoms with Gasteiger partial charge >= 0.3 is 0 Å². The van der Waals surface area contributed by atoms with Gasteiger partial charge in [-0.1, -0.05) is 91.9 Å². The van der Waals surface area contributed by atoms with E-state index in [0.29, 0.717) is 5.92 Å². The summed E-state index contributed by atoms with van der Waals surface area (Å²) in [5.74, 6) is 2.34. The van der Waals surface area contributed by atoms with E-state index in [-0.39, 0.29) is 6.04 Å². The van der Waals surface area contributed by atoms with E-state index in [1.54, 1.807) is 0 Å². The molecule has 0 spiro atoms. The number of aromatic nitrogens is 1. The van der Waals surface area contributed by atoms with Crippen LogP contribution >= 0.6 is 0 Å². The summed E-state index contributed by atoms with van der Waals surface area (Å²) in [5.41, 5.74) is 12.9. The van der Waals surface area contributed by atoms with Crippen molar-refractivity contribution in [1.29, 1.82) is 0 Å². The predicted octanol–water partition coefficient (Wildman–Crippen LogP) is 13.1. The minimum Gasteiger partial charge on any atom is -0.294 e. The lowest BCUT2D eigenvalue weighted by atomic mass is 9.81. The number of benzene rings is 6. The smallest absolute Gasteiger partial charge is 0.137 e. The number of allylic oxidation sites excluding steroid dienone is 1. The number of aryl methyl sites for hydroxylation is 4. The van der Waals surface area contributed by atoms with E-state index in [0.717, 1.165) is 43.0 Å². The van der Waals surface area contributed by atoms with Crippen molar-refractivity contribution in [3.63, 3.8) is 0 Å². The molecule has 264 valence electrons. The third kappa shape index (κ3) is 5.11. The first-order valence-corrected chi connectivity index (χ1v) is 19.5. The van der Waals surface area contributed by atoms with Crippen LogP contribution in [0.4, 0.5) is 28.6 Å². The van der Waals surface area contributed by atoms with Crippen LogP contribution in [0.5, 0.6) is 0 Å². The lowest BCUT2D eigenvalue weighted by Crippen LogP contribution is -2.28.